The first kappa shape index (κ1) is 15.6. The average molecular weight is 335 g/mol. The van der Waals surface area contributed by atoms with E-state index in [0.29, 0.717) is 11.9 Å². The second-order valence-electron chi connectivity index (χ2n) is 6.46. The zero-order valence-electron chi connectivity index (χ0n) is 14.3. The normalized spacial score (nSPS) is 11.8. The fourth-order valence-electron chi connectivity index (χ4n) is 2.99. The van der Waals surface area contributed by atoms with E-state index < -0.39 is 0 Å². The molecular formula is C18H21N7. The summed E-state index contributed by atoms with van der Waals surface area (Å²) in [4.78, 5) is 4.57. The van der Waals surface area contributed by atoms with E-state index in [0.717, 1.165) is 46.2 Å². The third-order valence-electron chi connectivity index (χ3n) is 4.24. The van der Waals surface area contributed by atoms with E-state index in [9.17, 15) is 0 Å². The highest BCUT2D eigenvalue weighted by molar-refractivity contribution is 6.08. The van der Waals surface area contributed by atoms with Crippen LogP contribution >= 0.6 is 0 Å². The summed E-state index contributed by atoms with van der Waals surface area (Å²) in [5.74, 6) is 0.507. The largest absolute Gasteiger partial charge is 0.383 e. The number of nitrogens with zero attached hydrogens (tertiary/aromatic N) is 4. The van der Waals surface area contributed by atoms with Crippen LogP contribution in [0.15, 0.2) is 36.7 Å². The van der Waals surface area contributed by atoms with Gasteiger partial charge in [-0.25, -0.2) is 4.98 Å². The fourth-order valence-corrected chi connectivity index (χ4v) is 2.99. The zero-order chi connectivity index (χ0) is 17.4. The van der Waals surface area contributed by atoms with Crippen molar-refractivity contribution < 1.29 is 0 Å². The van der Waals surface area contributed by atoms with Crippen molar-refractivity contribution >= 4 is 27.6 Å². The molecule has 7 nitrogen and oxygen atoms in total. The van der Waals surface area contributed by atoms with Gasteiger partial charge in [0.25, 0.3) is 0 Å². The smallest absolute Gasteiger partial charge is 0.135 e. The van der Waals surface area contributed by atoms with Gasteiger partial charge in [0.05, 0.1) is 23.1 Å². The van der Waals surface area contributed by atoms with E-state index in [-0.39, 0.29) is 0 Å². The van der Waals surface area contributed by atoms with Crippen LogP contribution in [0.2, 0.25) is 0 Å². The molecule has 0 saturated carbocycles. The molecule has 25 heavy (non-hydrogen) atoms. The maximum absolute atomic E-state index is 6.18. The Balaban J connectivity index is 1.76. The Morgan fingerprint density at radius 3 is 2.88 bits per heavy atom. The van der Waals surface area contributed by atoms with Gasteiger partial charge in [-0.1, -0.05) is 19.9 Å². The molecule has 0 unspecified atom stereocenters. The first-order chi connectivity index (χ1) is 12.1. The molecule has 1 aromatic carbocycles. The number of nitrogens with one attached hydrogen (secondary N) is 2. The van der Waals surface area contributed by atoms with Crippen molar-refractivity contribution in [1.82, 2.24) is 30.3 Å². The van der Waals surface area contributed by atoms with Gasteiger partial charge in [0.2, 0.25) is 0 Å². The molecule has 128 valence electrons. The number of nitrogen functional groups attached to an aromatic ring is 1. The van der Waals surface area contributed by atoms with Crippen molar-refractivity contribution in [1.29, 1.82) is 0 Å². The second kappa shape index (κ2) is 6.18. The Morgan fingerprint density at radius 1 is 1.24 bits per heavy atom. The number of anilines is 1. The van der Waals surface area contributed by atoms with E-state index in [1.165, 1.54) is 0 Å². The lowest BCUT2D eigenvalue weighted by molar-refractivity contribution is 0.518. The lowest BCUT2D eigenvalue weighted by atomic mass is 10.1. The summed E-state index contributed by atoms with van der Waals surface area (Å²) in [7, 11) is 0. The number of rotatable bonds is 5. The minimum atomic E-state index is 0.457. The third kappa shape index (κ3) is 2.94. The van der Waals surface area contributed by atoms with Gasteiger partial charge in [-0.05, 0) is 18.2 Å². The molecule has 4 rings (SSSR count). The summed E-state index contributed by atoms with van der Waals surface area (Å²) in [5.41, 5.74) is 9.89. The van der Waals surface area contributed by atoms with Gasteiger partial charge in [-0.15, -0.1) is 0 Å². The third-order valence-corrected chi connectivity index (χ3v) is 4.24. The SMILES string of the molecule is CC(C)NCCn1cc2c(N)nc3cc(-c4ccn[nH]4)ccc3c2n1. The molecule has 7 heteroatoms. The average Bonchev–Trinajstić information content (AvgIpc) is 3.24. The molecule has 0 amide bonds. The van der Waals surface area contributed by atoms with Crippen LogP contribution in [0.3, 0.4) is 0 Å². The number of pyridine rings is 1. The highest BCUT2D eigenvalue weighted by Crippen LogP contribution is 2.29. The minimum Gasteiger partial charge on any atom is -0.383 e. The van der Waals surface area contributed by atoms with Gasteiger partial charge in [-0.3, -0.25) is 9.78 Å². The number of aromatic nitrogens is 5. The highest BCUT2D eigenvalue weighted by Gasteiger charge is 2.12. The van der Waals surface area contributed by atoms with Crippen LogP contribution in [0.25, 0.3) is 33.1 Å². The Bertz CT molecular complexity index is 1010. The number of hydrogen-bond acceptors (Lipinski definition) is 5. The summed E-state index contributed by atoms with van der Waals surface area (Å²) in [6.45, 7) is 5.92. The monoisotopic (exact) mass is 335 g/mol. The molecule has 3 aromatic heterocycles. The maximum atomic E-state index is 6.18. The number of H-pyrrole nitrogens is 1. The number of benzene rings is 1. The predicted molar refractivity (Wildman–Crippen MR) is 100 cm³/mol. The minimum absolute atomic E-state index is 0.457. The Labute approximate surface area is 145 Å². The van der Waals surface area contributed by atoms with Crippen LogP contribution in [0.4, 0.5) is 5.82 Å². The highest BCUT2D eigenvalue weighted by atomic mass is 15.3. The summed E-state index contributed by atoms with van der Waals surface area (Å²) < 4.78 is 1.93. The first-order valence-electron chi connectivity index (χ1n) is 8.41. The molecular weight excluding hydrogens is 314 g/mol. The molecule has 4 N–H and O–H groups in total. The quantitative estimate of drug-likeness (QED) is 0.521. The molecule has 0 aliphatic rings. The maximum Gasteiger partial charge on any atom is 0.135 e. The number of hydrogen-bond donors (Lipinski definition) is 3. The number of fused-ring (bicyclic) bond motifs is 3. The molecule has 0 saturated heterocycles. The molecule has 0 bridgehead atoms. The topological polar surface area (TPSA) is 97.4 Å². The van der Waals surface area contributed by atoms with Crippen LogP contribution in [0, 0.1) is 0 Å². The van der Waals surface area contributed by atoms with Crippen LogP contribution in [-0.4, -0.2) is 37.5 Å². The van der Waals surface area contributed by atoms with E-state index in [1.54, 1.807) is 6.20 Å². The molecule has 0 atom stereocenters. The van der Waals surface area contributed by atoms with E-state index in [2.05, 4.69) is 34.3 Å². The fraction of sp³-hybridized carbons (Fsp3) is 0.278. The van der Waals surface area contributed by atoms with Crippen LogP contribution in [0.5, 0.6) is 0 Å². The van der Waals surface area contributed by atoms with Crippen molar-refractivity contribution in [2.24, 2.45) is 0 Å². The summed E-state index contributed by atoms with van der Waals surface area (Å²) in [6.07, 6.45) is 3.71. The van der Waals surface area contributed by atoms with Crippen LogP contribution in [0.1, 0.15) is 13.8 Å². The molecule has 0 radical (unpaired) electrons. The Morgan fingerprint density at radius 2 is 2.12 bits per heavy atom. The lowest BCUT2D eigenvalue weighted by Crippen LogP contribution is -2.26. The van der Waals surface area contributed by atoms with Crippen molar-refractivity contribution in [2.75, 3.05) is 12.3 Å². The molecule has 4 aromatic rings. The summed E-state index contributed by atoms with van der Waals surface area (Å²) >= 11 is 0. The van der Waals surface area contributed by atoms with Gasteiger partial charge >= 0.3 is 0 Å². The Kier molecular flexibility index (Phi) is 3.85. The van der Waals surface area contributed by atoms with Crippen molar-refractivity contribution in [2.45, 2.75) is 26.4 Å². The Hall–Kier alpha value is -2.93. The molecule has 0 aliphatic heterocycles. The van der Waals surface area contributed by atoms with E-state index in [4.69, 9.17) is 10.8 Å². The summed E-state index contributed by atoms with van der Waals surface area (Å²) in [6, 6.07) is 8.49. The summed E-state index contributed by atoms with van der Waals surface area (Å²) in [5, 5.41) is 17.0. The standard InChI is InChI=1S/C18H21N7/c1-11(2)20-7-8-25-10-14-17(24-25)13-4-3-12(15-5-6-21-23-15)9-16(13)22-18(14)19/h3-6,9-11,20H,7-8H2,1-2H3,(H2,19,22)(H,21,23). The van der Waals surface area contributed by atoms with Crippen LogP contribution in [-0.2, 0) is 6.54 Å². The number of aromatic amines is 1. The zero-order valence-corrected chi connectivity index (χ0v) is 14.3. The van der Waals surface area contributed by atoms with Gasteiger partial charge < -0.3 is 11.1 Å². The van der Waals surface area contributed by atoms with Gasteiger partial charge in [0, 0.05) is 35.9 Å². The second-order valence-corrected chi connectivity index (χ2v) is 6.46. The van der Waals surface area contributed by atoms with E-state index in [1.807, 2.05) is 35.1 Å². The molecule has 0 fully saturated rings. The first-order valence-corrected chi connectivity index (χ1v) is 8.41. The van der Waals surface area contributed by atoms with Gasteiger partial charge in [0.1, 0.15) is 11.3 Å². The molecule has 3 heterocycles. The van der Waals surface area contributed by atoms with Crippen molar-refractivity contribution in [3.05, 3.63) is 36.7 Å². The lowest BCUT2D eigenvalue weighted by Gasteiger charge is -2.07. The number of nitrogens with two attached hydrogens (primary N) is 1. The molecule has 0 aliphatic carbocycles. The van der Waals surface area contributed by atoms with Crippen molar-refractivity contribution in [3.8, 4) is 11.3 Å². The predicted octanol–water partition coefficient (Wildman–Crippen LogP) is 2.55. The van der Waals surface area contributed by atoms with Gasteiger partial charge in [-0.2, -0.15) is 10.2 Å². The van der Waals surface area contributed by atoms with Crippen molar-refractivity contribution in [3.63, 3.8) is 0 Å². The van der Waals surface area contributed by atoms with E-state index >= 15 is 0 Å². The van der Waals surface area contributed by atoms with Gasteiger partial charge in [0.15, 0.2) is 0 Å². The van der Waals surface area contributed by atoms with Crippen LogP contribution < -0.4 is 11.1 Å². The molecule has 0 spiro atoms.